The Labute approximate surface area is 183 Å². The van der Waals surface area contributed by atoms with Gasteiger partial charge in [0, 0.05) is 17.5 Å². The van der Waals surface area contributed by atoms with Crippen LogP contribution in [0.1, 0.15) is 41.1 Å². The molecule has 2 aromatic carbocycles. The number of unbranched alkanes of at least 4 members (excludes halogenated alkanes) is 1. The van der Waals surface area contributed by atoms with Gasteiger partial charge in [0.1, 0.15) is 24.3 Å². The van der Waals surface area contributed by atoms with E-state index in [4.69, 9.17) is 14.7 Å². The maximum atomic E-state index is 12.6. The third kappa shape index (κ3) is 7.21. The lowest BCUT2D eigenvalue weighted by molar-refractivity contribution is -0.137. The van der Waals surface area contributed by atoms with E-state index in [1.807, 2.05) is 24.3 Å². The van der Waals surface area contributed by atoms with E-state index in [0.29, 0.717) is 29.4 Å². The van der Waals surface area contributed by atoms with Crippen LogP contribution in [0.25, 0.3) is 22.6 Å². The molecule has 3 aromatic rings. The van der Waals surface area contributed by atoms with Crippen LogP contribution in [0.5, 0.6) is 5.75 Å². The number of rotatable bonds is 10. The summed E-state index contributed by atoms with van der Waals surface area (Å²) in [6.07, 6.45) is 3.04. The van der Waals surface area contributed by atoms with Crippen LogP contribution in [0.15, 0.2) is 64.3 Å². The molecule has 3 rings (SSSR count). The fourth-order valence-corrected chi connectivity index (χ4v) is 2.88. The highest BCUT2D eigenvalue weighted by Crippen LogP contribution is 2.29. The summed E-state index contributed by atoms with van der Waals surface area (Å²) in [7, 11) is 0. The van der Waals surface area contributed by atoms with Crippen molar-refractivity contribution in [1.29, 1.82) is 0 Å². The van der Waals surface area contributed by atoms with Crippen LogP contribution < -0.4 is 4.74 Å². The second-order valence-corrected chi connectivity index (χ2v) is 6.97. The Bertz CT molecular complexity index is 1070. The van der Waals surface area contributed by atoms with Gasteiger partial charge in [-0.1, -0.05) is 29.4 Å². The minimum atomic E-state index is -4.35. The zero-order chi connectivity index (χ0) is 22.8. The molecule has 9 heteroatoms. The number of ether oxygens (including phenoxy) is 1. The van der Waals surface area contributed by atoms with Gasteiger partial charge in [0.15, 0.2) is 0 Å². The van der Waals surface area contributed by atoms with E-state index in [0.717, 1.165) is 31.4 Å². The van der Waals surface area contributed by atoms with Gasteiger partial charge in [-0.3, -0.25) is 0 Å². The second kappa shape index (κ2) is 11.1. The Morgan fingerprint density at radius 2 is 1.78 bits per heavy atom. The van der Waals surface area contributed by atoms with Crippen molar-refractivity contribution >= 4 is 12.2 Å². The summed E-state index contributed by atoms with van der Waals surface area (Å²) in [4.78, 5) is 7.02. The normalized spacial score (nSPS) is 11.5. The number of hydrogen-bond donors (Lipinski definition) is 0. The van der Waals surface area contributed by atoms with Crippen LogP contribution >= 0.6 is 0 Å². The molecule has 1 heterocycles. The van der Waals surface area contributed by atoms with E-state index < -0.39 is 11.7 Å². The van der Waals surface area contributed by atoms with Gasteiger partial charge in [0.05, 0.1) is 5.56 Å². The zero-order valence-corrected chi connectivity index (χ0v) is 17.1. The van der Waals surface area contributed by atoms with Gasteiger partial charge in [-0.05, 0) is 66.3 Å². The third-order valence-electron chi connectivity index (χ3n) is 4.57. The molecule has 6 nitrogen and oxygen atoms in total. The van der Waals surface area contributed by atoms with Crippen LogP contribution in [-0.4, -0.2) is 11.5 Å². The van der Waals surface area contributed by atoms with Crippen molar-refractivity contribution in [3.63, 3.8) is 0 Å². The van der Waals surface area contributed by atoms with E-state index in [1.165, 1.54) is 24.0 Å². The van der Waals surface area contributed by atoms with Crippen LogP contribution in [0, 0.1) is 0 Å². The highest BCUT2D eigenvalue weighted by atomic mass is 19.4. The average Bonchev–Trinajstić information content (AvgIpc) is 3.24. The summed E-state index contributed by atoms with van der Waals surface area (Å²) < 4.78 is 48.9. The number of halogens is 3. The summed E-state index contributed by atoms with van der Waals surface area (Å²) in [5, 5.41) is 3.52. The molecule has 0 aliphatic heterocycles. The van der Waals surface area contributed by atoms with Crippen molar-refractivity contribution < 1.29 is 22.3 Å². The van der Waals surface area contributed by atoms with Gasteiger partial charge in [-0.15, -0.1) is 0 Å². The Kier molecular flexibility index (Phi) is 7.94. The first kappa shape index (κ1) is 23.0. The molecule has 32 heavy (non-hydrogen) atoms. The maximum absolute atomic E-state index is 12.6. The highest BCUT2D eigenvalue weighted by Gasteiger charge is 2.29. The molecule has 0 N–H and O–H groups in total. The molecule has 1 aromatic heterocycles. The quantitative estimate of drug-likeness (QED) is 0.146. The number of benzene rings is 2. The van der Waals surface area contributed by atoms with E-state index in [-0.39, 0.29) is 6.61 Å². The van der Waals surface area contributed by atoms with Gasteiger partial charge in [-0.25, -0.2) is 4.98 Å². The standard InChI is InChI=1S/C23H21F3N4O2/c24-23(25,26)19-9-4-18(5-10-19)8-13-22-29-20(16-32-22)15-31-21-11-6-17(7-12-21)3-1-2-14-28-30-27/h4-13,16H,1-3,14-15H2/b13-8+. The number of oxazole rings is 1. The van der Waals surface area contributed by atoms with Gasteiger partial charge < -0.3 is 9.15 Å². The average molecular weight is 442 g/mol. The molecule has 0 amide bonds. The van der Waals surface area contributed by atoms with E-state index in [2.05, 4.69) is 15.0 Å². The molecule has 0 saturated heterocycles. The Balaban J connectivity index is 1.47. The molecular formula is C23H21F3N4O2. The molecule has 0 fully saturated rings. The number of hydrogen-bond acceptors (Lipinski definition) is 4. The van der Waals surface area contributed by atoms with Gasteiger partial charge in [0.25, 0.3) is 0 Å². The van der Waals surface area contributed by atoms with Gasteiger partial charge in [0.2, 0.25) is 5.89 Å². The predicted molar refractivity (Wildman–Crippen MR) is 115 cm³/mol. The Morgan fingerprint density at radius 3 is 2.47 bits per heavy atom. The number of aryl methyl sites for hydroxylation is 1. The molecular weight excluding hydrogens is 421 g/mol. The number of aromatic nitrogens is 1. The lowest BCUT2D eigenvalue weighted by Crippen LogP contribution is -2.03. The van der Waals surface area contributed by atoms with Crippen molar-refractivity contribution in [1.82, 2.24) is 4.98 Å². The summed E-state index contributed by atoms with van der Waals surface area (Å²) in [5.74, 6) is 1.03. The largest absolute Gasteiger partial charge is 0.487 e. The number of alkyl halides is 3. The Hall–Kier alpha value is -3.71. The number of azide groups is 1. The van der Waals surface area contributed by atoms with Crippen molar-refractivity contribution in [3.05, 3.63) is 93.5 Å². The minimum absolute atomic E-state index is 0.225. The third-order valence-corrected chi connectivity index (χ3v) is 4.57. The van der Waals surface area contributed by atoms with Gasteiger partial charge >= 0.3 is 6.18 Å². The number of nitrogens with zero attached hydrogens (tertiary/aromatic N) is 4. The lowest BCUT2D eigenvalue weighted by atomic mass is 10.1. The smallest absolute Gasteiger partial charge is 0.416 e. The molecule has 166 valence electrons. The topological polar surface area (TPSA) is 84.0 Å². The fraction of sp³-hybridized carbons (Fsp3) is 0.261. The van der Waals surface area contributed by atoms with Crippen LogP contribution in [0.4, 0.5) is 13.2 Å². The fourth-order valence-electron chi connectivity index (χ4n) is 2.88. The second-order valence-electron chi connectivity index (χ2n) is 6.97. The Morgan fingerprint density at radius 1 is 1.03 bits per heavy atom. The first-order chi connectivity index (χ1) is 15.4. The molecule has 0 unspecified atom stereocenters. The monoisotopic (exact) mass is 442 g/mol. The molecule has 0 spiro atoms. The highest BCUT2D eigenvalue weighted by molar-refractivity contribution is 5.66. The maximum Gasteiger partial charge on any atom is 0.416 e. The van der Waals surface area contributed by atoms with Crippen LogP contribution in [0.3, 0.4) is 0 Å². The van der Waals surface area contributed by atoms with E-state index >= 15 is 0 Å². The summed E-state index contributed by atoms with van der Waals surface area (Å²) in [6, 6.07) is 12.6. The van der Waals surface area contributed by atoms with Crippen molar-refractivity contribution in [2.24, 2.45) is 5.11 Å². The molecule has 0 radical (unpaired) electrons. The van der Waals surface area contributed by atoms with Crippen LogP contribution in [0.2, 0.25) is 0 Å². The molecule has 0 atom stereocenters. The minimum Gasteiger partial charge on any atom is -0.487 e. The van der Waals surface area contributed by atoms with Crippen molar-refractivity contribution in [3.8, 4) is 5.75 Å². The summed E-state index contributed by atoms with van der Waals surface area (Å²) >= 11 is 0. The molecule has 0 saturated carbocycles. The van der Waals surface area contributed by atoms with Crippen molar-refractivity contribution in [2.75, 3.05) is 6.54 Å². The van der Waals surface area contributed by atoms with Crippen molar-refractivity contribution in [2.45, 2.75) is 32.0 Å². The first-order valence-corrected chi connectivity index (χ1v) is 9.96. The van der Waals surface area contributed by atoms with E-state index in [1.54, 1.807) is 12.2 Å². The van der Waals surface area contributed by atoms with Gasteiger partial charge in [-0.2, -0.15) is 13.2 Å². The summed E-state index contributed by atoms with van der Waals surface area (Å²) in [5.41, 5.74) is 9.94. The molecule has 0 aliphatic rings. The van der Waals surface area contributed by atoms with E-state index in [9.17, 15) is 13.2 Å². The predicted octanol–water partition coefficient (Wildman–Crippen LogP) is 7.08. The molecule has 0 aliphatic carbocycles. The SMILES string of the molecule is [N-]=[N+]=NCCCCc1ccc(OCc2coc(/C=C/c3ccc(C(F)(F)F)cc3)n2)cc1. The summed E-state index contributed by atoms with van der Waals surface area (Å²) in [6.45, 7) is 0.736. The lowest BCUT2D eigenvalue weighted by Gasteiger charge is -2.05. The zero-order valence-electron chi connectivity index (χ0n) is 17.1. The van der Waals surface area contributed by atoms with Crippen LogP contribution in [-0.2, 0) is 19.2 Å². The first-order valence-electron chi connectivity index (χ1n) is 9.96. The molecule has 0 bridgehead atoms.